The lowest BCUT2D eigenvalue weighted by Gasteiger charge is -2.14. The Hall–Kier alpha value is -1.47. The van der Waals surface area contributed by atoms with Crippen LogP contribution in [-0.2, 0) is 16.6 Å². The molecule has 1 rings (SSSR count). The van der Waals surface area contributed by atoms with Gasteiger partial charge < -0.3 is 0 Å². The molecule has 0 amide bonds. The van der Waals surface area contributed by atoms with Crippen LogP contribution < -0.4 is 0 Å². The van der Waals surface area contributed by atoms with Crippen LogP contribution in [0.3, 0.4) is 0 Å². The molecule has 0 fully saturated rings. The van der Waals surface area contributed by atoms with Crippen LogP contribution in [0, 0.1) is 12.0 Å². The van der Waals surface area contributed by atoms with Gasteiger partial charge in [0.25, 0.3) is 0 Å². The van der Waals surface area contributed by atoms with E-state index < -0.39 is 10.0 Å². The Bertz CT molecular complexity index is 541. The predicted octanol–water partition coefficient (Wildman–Crippen LogP) is 3.38. The minimum absolute atomic E-state index is 0.307. The van der Waals surface area contributed by atoms with Gasteiger partial charge in [0.1, 0.15) is 0 Å². The quantitative estimate of drug-likeness (QED) is 0.439. The van der Waals surface area contributed by atoms with Crippen molar-refractivity contribution in [1.29, 1.82) is 0 Å². The molecular formula is C16H23NO2S. The molecule has 0 radical (unpaired) electrons. The number of hydrogen-bond acceptors (Lipinski definition) is 2. The minimum atomic E-state index is -3.30. The van der Waals surface area contributed by atoms with Crippen LogP contribution >= 0.6 is 0 Å². The topological polar surface area (TPSA) is 37.4 Å². The standard InChI is InChI=1S/C16H23NO2S/c1-3-4-5-6-7-11-14-17(20(2,18)19)15-16-12-9-8-10-13-16/h8-10,12-13H,3-7,15H2,1-2H3. The fourth-order valence-corrected chi connectivity index (χ4v) is 2.39. The Morgan fingerprint density at radius 2 is 1.80 bits per heavy atom. The summed E-state index contributed by atoms with van der Waals surface area (Å²) in [6, 6.07) is 12.3. The van der Waals surface area contributed by atoms with Crippen molar-refractivity contribution < 1.29 is 8.42 Å². The molecule has 1 aromatic carbocycles. The van der Waals surface area contributed by atoms with Crippen molar-refractivity contribution in [2.45, 2.75) is 45.6 Å². The number of rotatable bonds is 7. The average molecular weight is 293 g/mol. The van der Waals surface area contributed by atoms with Gasteiger partial charge in [0.2, 0.25) is 10.0 Å². The van der Waals surface area contributed by atoms with Crippen LogP contribution in [0.4, 0.5) is 0 Å². The van der Waals surface area contributed by atoms with Crippen molar-refractivity contribution in [1.82, 2.24) is 4.31 Å². The molecule has 0 saturated carbocycles. The molecule has 20 heavy (non-hydrogen) atoms. The van der Waals surface area contributed by atoms with Gasteiger partial charge in [0.15, 0.2) is 0 Å². The summed E-state index contributed by atoms with van der Waals surface area (Å²) < 4.78 is 24.7. The first-order valence-electron chi connectivity index (χ1n) is 7.04. The summed E-state index contributed by atoms with van der Waals surface area (Å²) in [6.07, 6.45) is 6.54. The van der Waals surface area contributed by atoms with E-state index in [0.29, 0.717) is 6.54 Å². The Morgan fingerprint density at radius 3 is 2.40 bits per heavy atom. The molecule has 110 valence electrons. The van der Waals surface area contributed by atoms with E-state index in [2.05, 4.69) is 18.9 Å². The number of sulfonamides is 1. The van der Waals surface area contributed by atoms with Crippen molar-refractivity contribution in [2.24, 2.45) is 0 Å². The molecule has 0 unspecified atom stereocenters. The van der Waals surface area contributed by atoms with Crippen LogP contribution in [0.2, 0.25) is 0 Å². The van der Waals surface area contributed by atoms with Crippen molar-refractivity contribution in [3.8, 4) is 12.0 Å². The van der Waals surface area contributed by atoms with Crippen molar-refractivity contribution in [2.75, 3.05) is 6.26 Å². The largest absolute Gasteiger partial charge is 0.239 e. The second-order valence-electron chi connectivity index (χ2n) is 4.85. The molecule has 4 heteroatoms. The molecular weight excluding hydrogens is 270 g/mol. The van der Waals surface area contributed by atoms with Gasteiger partial charge in [-0.25, -0.2) is 12.7 Å². The maximum atomic E-state index is 11.7. The molecule has 0 heterocycles. The minimum Gasteiger partial charge on any atom is -0.224 e. The lowest BCUT2D eigenvalue weighted by atomic mass is 10.2. The number of benzene rings is 1. The van der Waals surface area contributed by atoms with Crippen LogP contribution in [0.25, 0.3) is 0 Å². The first-order chi connectivity index (χ1) is 9.54. The van der Waals surface area contributed by atoms with E-state index in [0.717, 1.165) is 24.8 Å². The van der Waals surface area contributed by atoms with E-state index in [-0.39, 0.29) is 0 Å². The van der Waals surface area contributed by atoms with E-state index in [9.17, 15) is 8.42 Å². The monoisotopic (exact) mass is 293 g/mol. The highest BCUT2D eigenvalue weighted by atomic mass is 32.2. The third kappa shape index (κ3) is 6.63. The Kier molecular flexibility index (Phi) is 7.17. The van der Waals surface area contributed by atoms with Gasteiger partial charge in [-0.15, -0.1) is 0 Å². The van der Waals surface area contributed by atoms with Crippen LogP contribution in [0.1, 0.15) is 44.6 Å². The van der Waals surface area contributed by atoms with Crippen LogP contribution in [0.5, 0.6) is 0 Å². The summed E-state index contributed by atoms with van der Waals surface area (Å²) in [4.78, 5) is 0. The number of nitrogens with zero attached hydrogens (tertiary/aromatic N) is 1. The Labute approximate surface area is 123 Å². The molecule has 0 aromatic heterocycles. The molecule has 0 N–H and O–H groups in total. The van der Waals surface area contributed by atoms with Crippen molar-refractivity contribution >= 4 is 10.0 Å². The van der Waals surface area contributed by atoms with Crippen molar-refractivity contribution in [3.63, 3.8) is 0 Å². The third-order valence-electron chi connectivity index (χ3n) is 2.93. The second-order valence-corrected chi connectivity index (χ2v) is 6.76. The van der Waals surface area contributed by atoms with Gasteiger partial charge in [-0.1, -0.05) is 62.4 Å². The lowest BCUT2D eigenvalue weighted by Crippen LogP contribution is -2.24. The van der Waals surface area contributed by atoms with Crippen LogP contribution in [0.15, 0.2) is 30.3 Å². The molecule has 1 aromatic rings. The molecule has 0 aliphatic rings. The molecule has 0 aliphatic carbocycles. The average Bonchev–Trinajstić information content (AvgIpc) is 2.41. The third-order valence-corrected chi connectivity index (χ3v) is 3.95. The van der Waals surface area contributed by atoms with Gasteiger partial charge in [-0.2, -0.15) is 0 Å². The summed E-state index contributed by atoms with van der Waals surface area (Å²) >= 11 is 0. The smallest absolute Gasteiger partial charge is 0.224 e. The van der Waals surface area contributed by atoms with Crippen LogP contribution in [-0.4, -0.2) is 19.0 Å². The highest BCUT2D eigenvalue weighted by molar-refractivity contribution is 7.88. The second kappa shape index (κ2) is 8.65. The fraction of sp³-hybridized carbons (Fsp3) is 0.500. The normalized spacial score (nSPS) is 10.7. The van der Waals surface area contributed by atoms with Crippen molar-refractivity contribution in [3.05, 3.63) is 35.9 Å². The number of unbranched alkanes of at least 4 members (excludes halogenated alkanes) is 4. The van der Waals surface area contributed by atoms with Gasteiger partial charge in [-0.05, 0) is 12.0 Å². The maximum absolute atomic E-state index is 11.7. The van der Waals surface area contributed by atoms with E-state index in [1.54, 1.807) is 0 Å². The molecule has 3 nitrogen and oxygen atoms in total. The van der Waals surface area contributed by atoms with E-state index >= 15 is 0 Å². The summed E-state index contributed by atoms with van der Waals surface area (Å²) in [5.41, 5.74) is 0.943. The maximum Gasteiger partial charge on any atom is 0.239 e. The predicted molar refractivity (Wildman–Crippen MR) is 83.4 cm³/mol. The zero-order chi connectivity index (χ0) is 14.8. The molecule has 0 atom stereocenters. The zero-order valence-electron chi connectivity index (χ0n) is 12.3. The SMILES string of the molecule is CCCCCCC#CN(Cc1ccccc1)S(C)(=O)=O. The number of hydrogen-bond donors (Lipinski definition) is 0. The highest BCUT2D eigenvalue weighted by Crippen LogP contribution is 2.07. The van der Waals surface area contributed by atoms with Gasteiger partial charge in [-0.3, -0.25) is 0 Å². The fourth-order valence-electron chi connectivity index (χ4n) is 1.77. The molecule has 0 aliphatic heterocycles. The van der Waals surface area contributed by atoms with Gasteiger partial charge >= 0.3 is 0 Å². The van der Waals surface area contributed by atoms with E-state index in [4.69, 9.17) is 0 Å². The summed E-state index contributed by atoms with van der Waals surface area (Å²) in [5, 5.41) is 0. The molecule has 0 saturated heterocycles. The van der Waals surface area contributed by atoms with E-state index in [1.165, 1.54) is 23.4 Å². The highest BCUT2D eigenvalue weighted by Gasteiger charge is 2.12. The Balaban J connectivity index is 2.60. The first-order valence-corrected chi connectivity index (χ1v) is 8.89. The summed E-state index contributed by atoms with van der Waals surface area (Å²) in [6.45, 7) is 2.47. The van der Waals surface area contributed by atoms with Gasteiger partial charge in [0, 0.05) is 12.5 Å². The van der Waals surface area contributed by atoms with E-state index in [1.807, 2.05) is 30.3 Å². The van der Waals surface area contributed by atoms with Gasteiger partial charge in [0.05, 0.1) is 12.8 Å². The lowest BCUT2D eigenvalue weighted by molar-refractivity contribution is 0.514. The molecule has 0 bridgehead atoms. The summed E-state index contributed by atoms with van der Waals surface area (Å²) in [7, 11) is -3.30. The Morgan fingerprint density at radius 1 is 1.10 bits per heavy atom. The zero-order valence-corrected chi connectivity index (χ0v) is 13.1. The first kappa shape index (κ1) is 16.6. The molecule has 0 spiro atoms. The summed E-state index contributed by atoms with van der Waals surface area (Å²) in [5.74, 6) is 2.97.